The molecule has 8 atom stereocenters. The predicted molar refractivity (Wildman–Crippen MR) is 346 cm³/mol. The smallest absolute Gasteiger partial charge is 0.408 e. The fourth-order valence-corrected chi connectivity index (χ4v) is 12.3. The van der Waals surface area contributed by atoms with Crippen LogP contribution in [0.3, 0.4) is 0 Å². The number of fused-ring (bicyclic) bond motifs is 5. The van der Waals surface area contributed by atoms with E-state index in [1.807, 2.05) is 0 Å². The lowest BCUT2D eigenvalue weighted by atomic mass is 9.81. The van der Waals surface area contributed by atoms with Crippen molar-refractivity contribution in [2.24, 2.45) is 0 Å². The Morgan fingerprint density at radius 1 is 0.717 bits per heavy atom. The van der Waals surface area contributed by atoms with Crippen LogP contribution in [0.15, 0.2) is 108 Å². The monoisotopic (exact) mass is 1370 g/mol. The van der Waals surface area contributed by atoms with Crippen LogP contribution in [-0.2, 0) is 112 Å². The molecule has 0 unspecified atom stereocenters. The van der Waals surface area contributed by atoms with Crippen molar-refractivity contribution in [2.75, 3.05) is 39.5 Å². The van der Waals surface area contributed by atoms with Gasteiger partial charge in [0.25, 0.3) is 5.56 Å². The first kappa shape index (κ1) is 71.2. The van der Waals surface area contributed by atoms with Gasteiger partial charge >= 0.3 is 18.0 Å². The Kier molecular flexibility index (Phi) is 23.2. The number of esters is 2. The summed E-state index contributed by atoms with van der Waals surface area (Å²) in [5.41, 5.74) is 2.88. The number of pyridine rings is 2. The molecule has 4 aliphatic rings. The number of hydrogen-bond acceptors (Lipinski definition) is 20. The highest BCUT2D eigenvalue weighted by atomic mass is 19.1. The van der Waals surface area contributed by atoms with Crippen LogP contribution in [0.25, 0.3) is 22.3 Å². The van der Waals surface area contributed by atoms with Crippen LogP contribution in [0.5, 0.6) is 0 Å². The van der Waals surface area contributed by atoms with E-state index in [0.717, 1.165) is 5.56 Å². The van der Waals surface area contributed by atoms with E-state index in [-0.39, 0.29) is 75.2 Å². The van der Waals surface area contributed by atoms with Crippen LogP contribution in [0.4, 0.5) is 9.18 Å². The number of carbonyl (C=O) groups is 10. The molecule has 1 saturated heterocycles. The lowest BCUT2D eigenvalue weighted by Gasteiger charge is -2.31. The molecule has 4 aromatic carbocycles. The molecule has 5 heterocycles. The van der Waals surface area contributed by atoms with Crippen LogP contribution in [0, 0.1) is 12.7 Å². The standard InChI is InChI=1S/C69H75FN10O19/c1-3-69(94)44-24-50-61-42(31-80(50)66(91)43(44)34-97-67(69)92)60-46(20-19-41-37(2)45(70)25-48(78-61)59(41)60)76-57(85)35-95-36-75-55(83)29-74-65(90)49(23-38-13-7-4-8-14-38)77-56(84)30-72-54(82)28-73-64(89)47(79-68(93)98-33-40-17-11-6-12-18-40)21-22-53(81)71-27-52-63(88)62(87)51(99-52)26-58(86)96-32-39-15-9-5-10-16-39/h4-18,24-25,46-47,49,51-52,62-63,87-88,94H,3,19-23,26-36H2,1-2H3,(H,71,81)(H,72,82)(H,73,89)(H,74,90)(H,75,83)(H,76,85)(H,77,84)(H,79,93)/t46-,47-,49-,51-,52+,62-,63+,69-/m0/s1. The number of carbonyl (C=O) groups excluding carboxylic acids is 10. The summed E-state index contributed by atoms with van der Waals surface area (Å²) >= 11 is 0. The third-order valence-corrected chi connectivity index (χ3v) is 17.6. The number of benzene rings is 4. The molecule has 0 spiro atoms. The molecule has 1 fully saturated rings. The topological polar surface area (TPSA) is 409 Å². The minimum atomic E-state index is -2.08. The maximum absolute atomic E-state index is 15.5. The lowest BCUT2D eigenvalue weighted by molar-refractivity contribution is -0.172. The Balaban J connectivity index is 0.678. The number of rotatable bonds is 29. The molecule has 522 valence electrons. The van der Waals surface area contributed by atoms with E-state index < -0.39 is 158 Å². The van der Waals surface area contributed by atoms with Crippen molar-refractivity contribution in [3.05, 3.63) is 169 Å². The van der Waals surface area contributed by atoms with E-state index in [1.165, 1.54) is 10.6 Å². The number of amides is 8. The molecule has 99 heavy (non-hydrogen) atoms. The first-order valence-electron chi connectivity index (χ1n) is 32.1. The SMILES string of the molecule is CC[C@@]1(O)C(=O)OCc2c1cc1n(c2=O)Cc2c-1nc1cc(F)c(C)c3c1c2[C@@H](NC(=O)COCNC(=O)CNC(=O)[C@H](Cc1ccccc1)NC(=O)CNC(=O)CNC(=O)[C@H](CCC(=O)NC[C@H]1O[C@@H](CC(=O)OCc2ccccc2)[C@H](O)[C@@H]1O)NC(=O)OCc1ccccc1)CC3. The summed E-state index contributed by atoms with van der Waals surface area (Å²) in [6, 6.07) is 25.5. The summed E-state index contributed by atoms with van der Waals surface area (Å²) < 4.78 is 43.9. The van der Waals surface area contributed by atoms with Crippen molar-refractivity contribution in [3.63, 3.8) is 0 Å². The van der Waals surface area contributed by atoms with Crippen molar-refractivity contribution in [3.8, 4) is 11.4 Å². The molecular weight excluding hydrogens is 1290 g/mol. The number of cyclic esters (lactones) is 1. The number of ether oxygens (including phenoxy) is 5. The Morgan fingerprint density at radius 2 is 1.34 bits per heavy atom. The molecule has 2 aromatic heterocycles. The molecule has 30 heteroatoms. The van der Waals surface area contributed by atoms with Gasteiger partial charge in [-0.3, -0.25) is 43.2 Å². The van der Waals surface area contributed by atoms with Crippen molar-refractivity contribution >= 4 is 70.3 Å². The van der Waals surface area contributed by atoms with Crippen molar-refractivity contribution in [2.45, 2.75) is 133 Å². The summed E-state index contributed by atoms with van der Waals surface area (Å²) in [5, 5.41) is 53.4. The second-order valence-electron chi connectivity index (χ2n) is 24.2. The zero-order valence-electron chi connectivity index (χ0n) is 54.0. The fourth-order valence-electron chi connectivity index (χ4n) is 12.3. The largest absolute Gasteiger partial charge is 0.461 e. The number of nitrogens with one attached hydrogen (secondary N) is 8. The number of aliphatic hydroxyl groups excluding tert-OH is 2. The highest BCUT2D eigenvalue weighted by Crippen LogP contribution is 2.46. The van der Waals surface area contributed by atoms with Gasteiger partial charge in [0.15, 0.2) is 5.60 Å². The van der Waals surface area contributed by atoms with Crippen LogP contribution in [0.2, 0.25) is 0 Å². The molecule has 29 nitrogen and oxygen atoms in total. The van der Waals surface area contributed by atoms with E-state index in [2.05, 4.69) is 42.5 Å². The molecule has 3 aliphatic heterocycles. The zero-order chi connectivity index (χ0) is 70.5. The van der Waals surface area contributed by atoms with Gasteiger partial charge in [0.2, 0.25) is 41.4 Å². The van der Waals surface area contributed by atoms with Gasteiger partial charge in [-0.1, -0.05) is 97.9 Å². The van der Waals surface area contributed by atoms with Gasteiger partial charge in [-0.15, -0.1) is 0 Å². The average molecular weight is 1370 g/mol. The van der Waals surface area contributed by atoms with E-state index in [9.17, 15) is 68.1 Å². The number of aryl methyl sites for hydroxylation is 1. The molecule has 0 bridgehead atoms. The summed E-state index contributed by atoms with van der Waals surface area (Å²) in [6.07, 6.45) is -6.79. The third kappa shape index (κ3) is 17.2. The Morgan fingerprint density at radius 3 is 2.02 bits per heavy atom. The normalized spacial score (nSPS) is 19.1. The Hall–Kier alpha value is -10.5. The first-order valence-corrected chi connectivity index (χ1v) is 32.1. The second-order valence-corrected chi connectivity index (χ2v) is 24.2. The number of aliphatic hydroxyl groups is 3. The van der Waals surface area contributed by atoms with Crippen LogP contribution >= 0.6 is 0 Å². The highest BCUT2D eigenvalue weighted by Gasteiger charge is 2.47. The van der Waals surface area contributed by atoms with Gasteiger partial charge in [0.05, 0.1) is 67.2 Å². The van der Waals surface area contributed by atoms with Gasteiger partial charge in [-0.05, 0) is 72.1 Å². The fraction of sp³-hybridized carbons (Fsp3) is 0.391. The first-order chi connectivity index (χ1) is 47.6. The molecule has 8 amide bonds. The van der Waals surface area contributed by atoms with Crippen LogP contribution in [-0.4, -0.2) is 160 Å². The average Bonchev–Trinajstić information content (AvgIpc) is 1.60. The van der Waals surface area contributed by atoms with Gasteiger partial charge in [0, 0.05) is 42.0 Å². The van der Waals surface area contributed by atoms with Gasteiger partial charge in [0.1, 0.15) is 69.4 Å². The second kappa shape index (κ2) is 32.2. The third-order valence-electron chi connectivity index (χ3n) is 17.6. The highest BCUT2D eigenvalue weighted by molar-refractivity contribution is 5.96. The van der Waals surface area contributed by atoms with E-state index in [0.29, 0.717) is 63.0 Å². The molecule has 0 saturated carbocycles. The number of nitrogens with zero attached hydrogens (tertiary/aromatic N) is 2. The molecule has 11 N–H and O–H groups in total. The van der Waals surface area contributed by atoms with Gasteiger partial charge in [-0.25, -0.2) is 19.0 Å². The van der Waals surface area contributed by atoms with E-state index >= 15 is 4.39 Å². The van der Waals surface area contributed by atoms with Gasteiger partial charge < -0.3 is 86.1 Å². The lowest BCUT2D eigenvalue weighted by Crippen LogP contribution is -2.53. The summed E-state index contributed by atoms with van der Waals surface area (Å²) in [6.45, 7) is -0.590. The van der Waals surface area contributed by atoms with Crippen LogP contribution < -0.4 is 48.1 Å². The number of aromatic nitrogens is 2. The summed E-state index contributed by atoms with van der Waals surface area (Å²) in [4.78, 5) is 150. The van der Waals surface area contributed by atoms with E-state index in [4.69, 9.17) is 28.7 Å². The number of alkyl carbamates (subject to hydrolysis) is 1. The van der Waals surface area contributed by atoms with Crippen LogP contribution in [0.1, 0.15) is 95.1 Å². The maximum Gasteiger partial charge on any atom is 0.408 e. The zero-order valence-corrected chi connectivity index (χ0v) is 54.0. The maximum atomic E-state index is 15.5. The molecule has 6 aromatic rings. The van der Waals surface area contributed by atoms with Crippen molar-refractivity contribution in [1.82, 2.24) is 52.1 Å². The number of halogens is 1. The van der Waals surface area contributed by atoms with Crippen molar-refractivity contribution < 1.29 is 91.3 Å². The Labute approximate surface area is 565 Å². The van der Waals surface area contributed by atoms with Crippen molar-refractivity contribution in [1.29, 1.82) is 0 Å². The molecule has 10 rings (SSSR count). The predicted octanol–water partition coefficient (Wildman–Crippen LogP) is 0.611. The van der Waals surface area contributed by atoms with E-state index in [1.54, 1.807) is 111 Å². The molecule has 1 aliphatic carbocycles. The van der Waals surface area contributed by atoms with Gasteiger partial charge in [-0.2, -0.15) is 0 Å². The minimum absolute atomic E-state index is 0.0156. The molecule has 0 radical (unpaired) electrons. The quantitative estimate of drug-likeness (QED) is 0.0132. The number of hydrogen-bond donors (Lipinski definition) is 11. The Bertz CT molecular complexity index is 4130. The molecular formula is C69H75FN10O19. The summed E-state index contributed by atoms with van der Waals surface area (Å²) in [5.74, 6) is -7.47. The summed E-state index contributed by atoms with van der Waals surface area (Å²) in [7, 11) is 0. The minimum Gasteiger partial charge on any atom is -0.461 e.